The quantitative estimate of drug-likeness (QED) is 0.0232. The van der Waals surface area contributed by atoms with E-state index in [0.717, 1.165) is 4.68 Å². The minimum atomic E-state index is -4.43. The summed E-state index contributed by atoms with van der Waals surface area (Å²) in [6.07, 6.45) is 4.37. The van der Waals surface area contributed by atoms with Gasteiger partial charge in [-0.1, -0.05) is 23.8 Å². The minimum absolute atomic E-state index is 0.0136. The summed E-state index contributed by atoms with van der Waals surface area (Å²) in [6, 6.07) is -8.17. The zero-order valence-electron chi connectivity index (χ0n) is 39.6. The van der Waals surface area contributed by atoms with E-state index in [1.807, 2.05) is 0 Å². The molecule has 0 fully saturated rings. The lowest BCUT2D eigenvalue weighted by Gasteiger charge is -2.26. The number of aryl methyl sites for hydroxylation is 2. The minimum Gasteiger partial charge on any atom is -0.480 e. The zero-order chi connectivity index (χ0) is 52.6. The topological polar surface area (TPSA) is 466 Å². The Kier molecular flexibility index (Phi) is 26.5. The van der Waals surface area contributed by atoms with Crippen LogP contribution in [0.15, 0.2) is 12.4 Å². The van der Waals surface area contributed by atoms with Crippen molar-refractivity contribution in [3.8, 4) is 0 Å². The third-order valence-corrected chi connectivity index (χ3v) is 12.3. The maximum absolute atomic E-state index is 14.1. The number of aliphatic carboxylic acids is 1. The van der Waals surface area contributed by atoms with Crippen molar-refractivity contribution in [1.82, 2.24) is 61.9 Å². The van der Waals surface area contributed by atoms with Gasteiger partial charge in [-0.2, -0.15) is 0 Å². The van der Waals surface area contributed by atoms with Crippen LogP contribution in [-0.2, 0) is 68.6 Å². The van der Waals surface area contributed by atoms with Gasteiger partial charge in [0.15, 0.2) is 0 Å². The molecule has 2 aromatic heterocycles. The number of unbranched alkanes of at least 4 members (excludes halogenated alkanes) is 3. The molecule has 0 aliphatic rings. The SMILES string of the molecule is C[C@H](NC(=O)[C@H](Cc1cn(CCP(=O)(O)O)nn1)NC(=O)[C@H](CCCCN)NC(=O)[C@H](C)NC(=O)[C@H](Cc1cn(CCP(=O)(O)O)nn1)NC(=O)[C@@H](C)CCCCN)C(=O)N[C@@H](CCCCN)C(=O)O. The number of carbonyl (C=O) groups is 7. The number of rotatable bonds is 35. The van der Waals surface area contributed by atoms with E-state index in [1.54, 1.807) is 6.92 Å². The van der Waals surface area contributed by atoms with E-state index in [4.69, 9.17) is 17.2 Å². The molecule has 31 heteroatoms. The molecule has 0 aromatic carbocycles. The Bertz CT molecular complexity index is 2120. The van der Waals surface area contributed by atoms with Gasteiger partial charge in [0.1, 0.15) is 36.3 Å². The summed E-state index contributed by atoms with van der Waals surface area (Å²) in [5.74, 6) is -6.70. The normalized spacial score (nSPS) is 14.8. The highest BCUT2D eigenvalue weighted by Gasteiger charge is 2.33. The van der Waals surface area contributed by atoms with Gasteiger partial charge in [-0.3, -0.25) is 47.3 Å². The molecule has 0 spiro atoms. The highest BCUT2D eigenvalue weighted by atomic mass is 31.2. The highest BCUT2D eigenvalue weighted by Crippen LogP contribution is 2.34. The van der Waals surface area contributed by atoms with Gasteiger partial charge in [0.05, 0.1) is 36.8 Å². The Morgan fingerprint density at radius 3 is 1.29 bits per heavy atom. The number of hydrogen-bond donors (Lipinski definition) is 14. The van der Waals surface area contributed by atoms with E-state index in [0.29, 0.717) is 58.0 Å². The molecule has 29 nitrogen and oxygen atoms in total. The number of aromatic nitrogens is 6. The number of nitrogens with two attached hydrogens (primary N) is 3. The van der Waals surface area contributed by atoms with Gasteiger partial charge in [0, 0.05) is 31.2 Å². The number of hydrogen-bond acceptors (Lipinski definition) is 16. The van der Waals surface area contributed by atoms with Gasteiger partial charge < -0.3 is 73.8 Å². The van der Waals surface area contributed by atoms with Gasteiger partial charge in [-0.05, 0) is 84.8 Å². The number of amides is 6. The van der Waals surface area contributed by atoms with E-state index < -0.39 is 111 Å². The van der Waals surface area contributed by atoms with E-state index in [2.05, 4.69) is 52.5 Å². The van der Waals surface area contributed by atoms with Crippen molar-refractivity contribution in [2.45, 2.75) is 141 Å². The molecule has 0 saturated carbocycles. The fourth-order valence-electron chi connectivity index (χ4n) is 6.56. The second kappa shape index (κ2) is 30.5. The van der Waals surface area contributed by atoms with Crippen molar-refractivity contribution in [2.75, 3.05) is 32.0 Å². The molecule has 0 aliphatic carbocycles. The first-order chi connectivity index (χ1) is 32.9. The van der Waals surface area contributed by atoms with Crippen LogP contribution >= 0.6 is 15.2 Å². The van der Waals surface area contributed by atoms with E-state index in [9.17, 15) is 67.4 Å². The molecular weight excluding hydrogens is 964 g/mol. The molecular formula is C39H71N15O14P2. The third-order valence-electron chi connectivity index (χ3n) is 10.7. The van der Waals surface area contributed by atoms with Crippen LogP contribution < -0.4 is 49.1 Å². The molecule has 6 amide bonds. The predicted molar refractivity (Wildman–Crippen MR) is 250 cm³/mol. The maximum atomic E-state index is 14.1. The second-order valence-corrected chi connectivity index (χ2v) is 20.5. The zero-order valence-corrected chi connectivity index (χ0v) is 41.4. The van der Waals surface area contributed by atoms with Crippen LogP contribution in [0.25, 0.3) is 0 Å². The Balaban J connectivity index is 2.36. The summed E-state index contributed by atoms with van der Waals surface area (Å²) in [5.41, 5.74) is 17.0. The van der Waals surface area contributed by atoms with Gasteiger partial charge in [-0.25, -0.2) is 4.79 Å². The van der Waals surface area contributed by atoms with Crippen LogP contribution in [0.1, 0.15) is 89.9 Å². The summed E-state index contributed by atoms with van der Waals surface area (Å²) < 4.78 is 25.1. The smallest absolute Gasteiger partial charge is 0.327 e. The molecule has 0 aliphatic heterocycles. The number of carboxylic acids is 1. The molecule has 17 N–H and O–H groups in total. The van der Waals surface area contributed by atoms with Crippen molar-refractivity contribution in [1.29, 1.82) is 0 Å². The molecule has 70 heavy (non-hydrogen) atoms. The van der Waals surface area contributed by atoms with Crippen molar-refractivity contribution in [3.63, 3.8) is 0 Å². The lowest BCUT2D eigenvalue weighted by Crippen LogP contribution is -2.59. The highest BCUT2D eigenvalue weighted by molar-refractivity contribution is 7.52. The van der Waals surface area contributed by atoms with Crippen molar-refractivity contribution < 1.29 is 67.4 Å². The van der Waals surface area contributed by atoms with Gasteiger partial charge >= 0.3 is 21.2 Å². The molecule has 0 unspecified atom stereocenters. The van der Waals surface area contributed by atoms with Crippen molar-refractivity contribution >= 4 is 56.6 Å². The molecule has 2 heterocycles. The summed E-state index contributed by atoms with van der Waals surface area (Å²) in [7, 11) is -8.79. The summed E-state index contributed by atoms with van der Waals surface area (Å²) in [4.78, 5) is 131. The van der Waals surface area contributed by atoms with Crippen LogP contribution in [0.4, 0.5) is 0 Å². The number of carbonyl (C=O) groups excluding carboxylic acids is 6. The lowest BCUT2D eigenvalue weighted by atomic mass is 10.0. The Hall–Kier alpha value is -5.25. The van der Waals surface area contributed by atoms with Gasteiger partial charge in [-0.15, -0.1) is 10.2 Å². The van der Waals surface area contributed by atoms with Crippen molar-refractivity contribution in [2.24, 2.45) is 23.1 Å². The molecule has 2 rings (SSSR count). The monoisotopic (exact) mass is 1040 g/mol. The van der Waals surface area contributed by atoms with Crippen LogP contribution in [0, 0.1) is 5.92 Å². The summed E-state index contributed by atoms with van der Waals surface area (Å²) in [5, 5.41) is 40.4. The Morgan fingerprint density at radius 1 is 0.529 bits per heavy atom. The molecule has 0 bridgehead atoms. The second-order valence-electron chi connectivity index (χ2n) is 16.9. The maximum Gasteiger partial charge on any atom is 0.327 e. The third kappa shape index (κ3) is 24.0. The predicted octanol–water partition coefficient (Wildman–Crippen LogP) is -3.93. The Morgan fingerprint density at radius 2 is 0.886 bits per heavy atom. The Labute approximate surface area is 404 Å². The van der Waals surface area contributed by atoms with Crippen molar-refractivity contribution in [3.05, 3.63) is 23.8 Å². The first-order valence-corrected chi connectivity index (χ1v) is 26.5. The largest absolute Gasteiger partial charge is 0.480 e. The van der Waals surface area contributed by atoms with E-state index >= 15 is 0 Å². The fraction of sp³-hybridized carbons (Fsp3) is 0.718. The van der Waals surface area contributed by atoms with Crippen LogP contribution in [-0.4, -0.2) is 164 Å². The number of nitrogens with zero attached hydrogens (tertiary/aromatic N) is 6. The molecule has 0 saturated heterocycles. The lowest BCUT2D eigenvalue weighted by molar-refractivity contribution is -0.142. The first kappa shape index (κ1) is 60.9. The number of nitrogens with one attached hydrogen (secondary N) is 6. The van der Waals surface area contributed by atoms with Crippen LogP contribution in [0.3, 0.4) is 0 Å². The summed E-state index contributed by atoms with van der Waals surface area (Å²) in [6.45, 7) is 4.80. The average molecular weight is 1040 g/mol. The summed E-state index contributed by atoms with van der Waals surface area (Å²) >= 11 is 0. The van der Waals surface area contributed by atoms with E-state index in [-0.39, 0.29) is 56.7 Å². The molecule has 2 aromatic rings. The number of carboxylic acid groups (broad SMARTS) is 1. The standard InChI is InChI=1S/C39H71N15O14P2/c1-24(10-4-7-13-40)33(55)47-31(20-27-22-53(51-49-27)16-18-69(63,64)65)37(59)43-25(2)34(56)45-29(11-5-8-14-41)36(58)48-32(21-28-23-54(52-50-28)17-19-70(66,67)68)38(60)44-26(3)35(57)46-30(39(61)62)12-6-9-15-42/h22-26,29-32H,4-21,40-42H2,1-3H3,(H,43,59)(H,44,60)(H,45,56)(H,46,57)(H,47,55)(H,48,58)(H,61,62)(H2,63,64,65)(H2,66,67,68)/t24-,25-,26-,29-,30-,31-,32-/m0/s1. The molecule has 7 atom stereocenters. The molecule has 396 valence electrons. The fourth-order valence-corrected chi connectivity index (χ4v) is 7.49. The average Bonchev–Trinajstić information content (AvgIpc) is 3.94. The van der Waals surface area contributed by atoms with Crippen LogP contribution in [0.2, 0.25) is 0 Å². The van der Waals surface area contributed by atoms with Gasteiger partial charge in [0.2, 0.25) is 35.4 Å². The van der Waals surface area contributed by atoms with Gasteiger partial charge in [0.25, 0.3) is 0 Å². The van der Waals surface area contributed by atoms with Crippen LogP contribution in [0.5, 0.6) is 0 Å². The molecule has 0 radical (unpaired) electrons. The van der Waals surface area contributed by atoms with E-state index in [1.165, 1.54) is 30.9 Å². The first-order valence-electron chi connectivity index (χ1n) is 22.9.